The van der Waals surface area contributed by atoms with Crippen molar-refractivity contribution in [3.63, 3.8) is 0 Å². The van der Waals surface area contributed by atoms with E-state index in [4.69, 9.17) is 4.74 Å². The van der Waals surface area contributed by atoms with Crippen LogP contribution in [0.15, 0.2) is 52.2 Å². The van der Waals surface area contributed by atoms with Crippen molar-refractivity contribution in [1.82, 2.24) is 23.9 Å². The lowest BCUT2D eigenvalue weighted by Gasteiger charge is -2.32. The second-order valence-electron chi connectivity index (χ2n) is 9.06. The first-order chi connectivity index (χ1) is 17.8. The third-order valence-electron chi connectivity index (χ3n) is 6.45. The first-order valence-electron chi connectivity index (χ1n) is 12.2. The Labute approximate surface area is 222 Å². The summed E-state index contributed by atoms with van der Waals surface area (Å²) in [6.45, 7) is 4.56. The van der Waals surface area contributed by atoms with E-state index < -0.39 is 16.1 Å². The molecule has 0 N–H and O–H groups in total. The van der Waals surface area contributed by atoms with E-state index in [-0.39, 0.29) is 36.0 Å². The molecule has 37 heavy (non-hydrogen) atoms. The van der Waals surface area contributed by atoms with Gasteiger partial charge in [0.1, 0.15) is 17.0 Å². The van der Waals surface area contributed by atoms with Crippen LogP contribution in [0.1, 0.15) is 18.1 Å². The molecule has 1 unspecified atom stereocenters. The number of esters is 1. The van der Waals surface area contributed by atoms with Crippen LogP contribution in [0.5, 0.6) is 0 Å². The Kier molecular flexibility index (Phi) is 8.55. The lowest BCUT2D eigenvalue weighted by Crippen LogP contribution is -2.50. The number of rotatable bonds is 8. The Morgan fingerprint density at radius 2 is 1.70 bits per heavy atom. The van der Waals surface area contributed by atoms with Crippen LogP contribution < -0.4 is 11.2 Å². The van der Waals surface area contributed by atoms with Crippen LogP contribution in [0.3, 0.4) is 0 Å². The smallest absolute Gasteiger partial charge is 0.333 e. The number of alkyl halides is 1. The maximum atomic E-state index is 13.5. The van der Waals surface area contributed by atoms with E-state index in [1.165, 1.54) is 10.8 Å². The molecule has 3 heterocycles. The zero-order valence-corrected chi connectivity index (χ0v) is 22.5. The number of carbonyl (C=O) groups is 2. The minimum absolute atomic E-state index is 0.172. The normalized spacial score (nSPS) is 15.1. The second kappa shape index (κ2) is 11.8. The van der Waals surface area contributed by atoms with E-state index in [1.54, 1.807) is 24.0 Å². The summed E-state index contributed by atoms with van der Waals surface area (Å²) in [5.74, 6) is -0.568. The number of nitrogens with zero attached hydrogens (tertiary/aromatic N) is 5. The fourth-order valence-electron chi connectivity index (χ4n) is 4.31. The van der Waals surface area contributed by atoms with Crippen molar-refractivity contribution >= 4 is 38.8 Å². The Morgan fingerprint density at radius 1 is 1.03 bits per heavy atom. The number of benzene rings is 1. The van der Waals surface area contributed by atoms with Crippen molar-refractivity contribution < 1.29 is 14.3 Å². The first-order valence-corrected chi connectivity index (χ1v) is 13.1. The van der Waals surface area contributed by atoms with E-state index in [2.05, 4.69) is 25.8 Å². The molecular formula is C26H30BrN5O5. The maximum absolute atomic E-state index is 13.5. The summed E-state index contributed by atoms with van der Waals surface area (Å²) in [5, 5.41) is 0.279. The van der Waals surface area contributed by atoms with Crippen LogP contribution in [-0.4, -0.2) is 80.5 Å². The van der Waals surface area contributed by atoms with Gasteiger partial charge >= 0.3 is 11.7 Å². The van der Waals surface area contributed by atoms with E-state index in [9.17, 15) is 19.2 Å². The molecule has 0 aliphatic carbocycles. The Balaban J connectivity index is 1.60. The molecule has 0 saturated carbocycles. The number of hydrogen-bond donors (Lipinski definition) is 0. The highest BCUT2D eigenvalue weighted by molar-refractivity contribution is 9.10. The van der Waals surface area contributed by atoms with Crippen LogP contribution in [0, 0.1) is 0 Å². The summed E-state index contributed by atoms with van der Waals surface area (Å²) in [6.07, 6.45) is 1.99. The zero-order valence-electron chi connectivity index (χ0n) is 20.9. The van der Waals surface area contributed by atoms with Crippen molar-refractivity contribution in [3.8, 4) is 0 Å². The minimum atomic E-state index is -0.578. The van der Waals surface area contributed by atoms with Gasteiger partial charge in [0.15, 0.2) is 0 Å². The van der Waals surface area contributed by atoms with Crippen molar-refractivity contribution in [1.29, 1.82) is 0 Å². The monoisotopic (exact) mass is 571 g/mol. The van der Waals surface area contributed by atoms with Gasteiger partial charge in [0.25, 0.3) is 5.56 Å². The van der Waals surface area contributed by atoms with E-state index >= 15 is 0 Å². The molecule has 0 bridgehead atoms. The van der Waals surface area contributed by atoms with Crippen molar-refractivity contribution in [2.45, 2.75) is 31.3 Å². The molecule has 1 atom stereocenters. The van der Waals surface area contributed by atoms with E-state index in [0.29, 0.717) is 26.1 Å². The fourth-order valence-corrected chi connectivity index (χ4v) is 4.81. The molecule has 3 aromatic rings. The molecule has 1 amide bonds. The van der Waals surface area contributed by atoms with Crippen LogP contribution in [-0.2, 0) is 33.8 Å². The predicted molar refractivity (Wildman–Crippen MR) is 143 cm³/mol. The largest absolute Gasteiger partial charge is 0.465 e. The van der Waals surface area contributed by atoms with Crippen molar-refractivity contribution in [2.75, 3.05) is 39.8 Å². The van der Waals surface area contributed by atoms with Crippen LogP contribution in [0.2, 0.25) is 0 Å². The number of ether oxygens (including phenoxy) is 1. The minimum Gasteiger partial charge on any atom is -0.465 e. The first kappa shape index (κ1) is 26.7. The molecular weight excluding hydrogens is 542 g/mol. The molecule has 196 valence electrons. The van der Waals surface area contributed by atoms with Gasteiger partial charge in [-0.1, -0.05) is 40.2 Å². The molecule has 11 heteroatoms. The van der Waals surface area contributed by atoms with Crippen molar-refractivity contribution in [2.24, 2.45) is 0 Å². The topological polar surface area (TPSA) is 107 Å². The molecule has 1 aromatic carbocycles. The number of hydrogen-bond acceptors (Lipinski definition) is 7. The second-order valence-corrected chi connectivity index (χ2v) is 10.2. The SMILES string of the molecule is CCOC(=O)C(Br)Cc1ccc(Cn2c(=O)n(CC(=O)N3CCN(C)CC3)c(=O)c3cccnc32)cc1. The van der Waals surface area contributed by atoms with Gasteiger partial charge in [-0.15, -0.1) is 0 Å². The highest BCUT2D eigenvalue weighted by atomic mass is 79.9. The molecule has 1 aliphatic heterocycles. The zero-order chi connectivity index (χ0) is 26.5. The predicted octanol–water partition coefficient (Wildman–Crippen LogP) is 1.25. The van der Waals surface area contributed by atoms with Gasteiger partial charge < -0.3 is 14.5 Å². The average Bonchev–Trinajstić information content (AvgIpc) is 2.90. The number of amides is 1. The van der Waals surface area contributed by atoms with E-state index in [1.807, 2.05) is 31.3 Å². The number of likely N-dealkylation sites (N-methyl/N-ethyl adjacent to an activating group) is 1. The highest BCUT2D eigenvalue weighted by Gasteiger charge is 2.22. The summed E-state index contributed by atoms with van der Waals surface area (Å²) in [6, 6.07) is 10.8. The molecule has 0 spiro atoms. The Morgan fingerprint density at radius 3 is 2.38 bits per heavy atom. The Hall–Kier alpha value is -3.31. The summed E-state index contributed by atoms with van der Waals surface area (Å²) in [7, 11) is 1.99. The number of halogens is 1. The standard InChI is InChI=1S/C26H30BrN5O5/c1-3-37-25(35)21(27)15-18-6-8-19(9-7-18)16-31-23-20(5-4-10-28-23)24(34)32(26(31)36)17-22(33)30-13-11-29(2)12-14-30/h4-10,21H,3,11-17H2,1-2H3. The Bertz CT molecular complexity index is 1390. The van der Waals surface area contributed by atoms with Crippen molar-refractivity contribution in [3.05, 3.63) is 74.6 Å². The number of piperazine rings is 1. The molecule has 2 aromatic heterocycles. The van der Waals surface area contributed by atoms with Gasteiger partial charge in [-0.05, 0) is 43.7 Å². The van der Waals surface area contributed by atoms with Gasteiger partial charge in [0.05, 0.1) is 18.5 Å². The molecule has 0 radical (unpaired) electrons. The van der Waals surface area contributed by atoms with Gasteiger partial charge in [-0.3, -0.25) is 23.5 Å². The number of pyridine rings is 1. The van der Waals surface area contributed by atoms with Gasteiger partial charge in [0.2, 0.25) is 5.91 Å². The molecule has 1 saturated heterocycles. The third kappa shape index (κ3) is 6.16. The summed E-state index contributed by atoms with van der Waals surface area (Å²) < 4.78 is 7.47. The number of carbonyl (C=O) groups excluding carboxylic acids is 2. The van der Waals surface area contributed by atoms with Crippen LogP contribution in [0.25, 0.3) is 11.0 Å². The number of aromatic nitrogens is 3. The fraction of sp³-hybridized carbons (Fsp3) is 0.423. The maximum Gasteiger partial charge on any atom is 0.333 e. The van der Waals surface area contributed by atoms with Gasteiger partial charge in [0, 0.05) is 32.4 Å². The van der Waals surface area contributed by atoms with Crippen LogP contribution >= 0.6 is 15.9 Å². The summed E-state index contributed by atoms with van der Waals surface area (Å²) in [4.78, 5) is 59.2. The van der Waals surface area contributed by atoms with Gasteiger partial charge in [-0.2, -0.15) is 0 Å². The molecule has 4 rings (SSSR count). The van der Waals surface area contributed by atoms with Gasteiger partial charge in [-0.25, -0.2) is 9.78 Å². The average molecular weight is 572 g/mol. The van der Waals surface area contributed by atoms with Crippen LogP contribution in [0.4, 0.5) is 0 Å². The quantitative estimate of drug-likeness (QED) is 0.296. The molecule has 1 fully saturated rings. The molecule has 10 nitrogen and oxygen atoms in total. The van der Waals surface area contributed by atoms with E-state index in [0.717, 1.165) is 28.8 Å². The summed E-state index contributed by atoms with van der Waals surface area (Å²) >= 11 is 3.36. The third-order valence-corrected chi connectivity index (χ3v) is 7.15. The number of fused-ring (bicyclic) bond motifs is 1. The summed E-state index contributed by atoms with van der Waals surface area (Å²) in [5.41, 5.74) is 0.912. The lowest BCUT2D eigenvalue weighted by molar-refractivity contribution is -0.142. The molecule has 1 aliphatic rings. The lowest BCUT2D eigenvalue weighted by atomic mass is 10.1. The highest BCUT2D eigenvalue weighted by Crippen LogP contribution is 2.14.